The summed E-state index contributed by atoms with van der Waals surface area (Å²) in [6.07, 6.45) is 9.42. The van der Waals surface area contributed by atoms with E-state index in [1.54, 1.807) is 11.1 Å². The number of benzene rings is 1. The second-order valence-corrected chi connectivity index (χ2v) is 7.25. The maximum atomic E-state index is 3.95. The first kappa shape index (κ1) is 13.2. The molecule has 1 fully saturated rings. The zero-order valence-corrected chi connectivity index (χ0v) is 12.4. The molecule has 0 spiro atoms. The third-order valence-corrected chi connectivity index (χ3v) is 5.15. The molecular formula is C18H27N. The topological polar surface area (TPSA) is 12.0 Å². The van der Waals surface area contributed by atoms with E-state index in [-0.39, 0.29) is 0 Å². The molecule has 0 amide bonds. The minimum atomic E-state index is 0.560. The first-order chi connectivity index (χ1) is 9.14. The predicted octanol–water partition coefficient (Wildman–Crippen LogP) is 4.62. The highest BCUT2D eigenvalue weighted by atomic mass is 15.0. The number of hydrogen-bond acceptors (Lipinski definition) is 1. The van der Waals surface area contributed by atoms with Gasteiger partial charge in [-0.2, -0.15) is 0 Å². The van der Waals surface area contributed by atoms with Crippen LogP contribution >= 0.6 is 0 Å². The summed E-state index contributed by atoms with van der Waals surface area (Å²) in [7, 11) is 0. The Balaban J connectivity index is 1.64. The number of rotatable bonds is 2. The fourth-order valence-corrected chi connectivity index (χ4v) is 3.84. The minimum absolute atomic E-state index is 0.560. The molecule has 2 aliphatic rings. The highest BCUT2D eigenvalue weighted by Gasteiger charge is 2.28. The zero-order chi connectivity index (χ0) is 13.3. The standard InChI is InChI=1S/C18H27N/c1-18(2)12-5-7-15(11-13-18)19-17-10-9-14-6-3-4-8-16(14)17/h3-4,6,8,15,17,19H,5,7,9-13H2,1-2H3. The largest absolute Gasteiger partial charge is 0.307 e. The maximum absolute atomic E-state index is 3.95. The van der Waals surface area contributed by atoms with E-state index < -0.39 is 0 Å². The lowest BCUT2D eigenvalue weighted by atomic mass is 9.85. The summed E-state index contributed by atoms with van der Waals surface area (Å²) in [6, 6.07) is 10.3. The Labute approximate surface area is 117 Å². The van der Waals surface area contributed by atoms with Gasteiger partial charge in [0.15, 0.2) is 0 Å². The average Bonchev–Trinajstić information content (AvgIpc) is 2.70. The molecule has 1 saturated carbocycles. The van der Waals surface area contributed by atoms with Gasteiger partial charge in [-0.05, 0) is 55.1 Å². The first-order valence-electron chi connectivity index (χ1n) is 7.98. The molecule has 19 heavy (non-hydrogen) atoms. The van der Waals surface area contributed by atoms with Gasteiger partial charge < -0.3 is 5.32 Å². The lowest BCUT2D eigenvalue weighted by molar-refractivity contribution is 0.306. The van der Waals surface area contributed by atoms with E-state index in [0.29, 0.717) is 11.5 Å². The SMILES string of the molecule is CC1(C)CCCC(NC2CCc3ccccc32)CC1. The van der Waals surface area contributed by atoms with Crippen LogP contribution in [0.4, 0.5) is 0 Å². The van der Waals surface area contributed by atoms with Crippen molar-refractivity contribution < 1.29 is 0 Å². The van der Waals surface area contributed by atoms with Crippen molar-refractivity contribution in [1.82, 2.24) is 5.32 Å². The normalized spacial score (nSPS) is 29.8. The monoisotopic (exact) mass is 257 g/mol. The molecule has 1 heteroatoms. The predicted molar refractivity (Wildman–Crippen MR) is 81.3 cm³/mol. The average molecular weight is 257 g/mol. The lowest BCUT2D eigenvalue weighted by Gasteiger charge is -2.24. The first-order valence-corrected chi connectivity index (χ1v) is 7.98. The van der Waals surface area contributed by atoms with Crippen LogP contribution < -0.4 is 5.32 Å². The third-order valence-electron chi connectivity index (χ3n) is 5.15. The van der Waals surface area contributed by atoms with Gasteiger partial charge in [-0.3, -0.25) is 0 Å². The van der Waals surface area contributed by atoms with Crippen molar-refractivity contribution in [1.29, 1.82) is 0 Å². The quantitative estimate of drug-likeness (QED) is 0.762. The van der Waals surface area contributed by atoms with E-state index in [1.165, 1.54) is 44.9 Å². The maximum Gasteiger partial charge on any atom is 0.0328 e. The molecule has 1 aromatic carbocycles. The van der Waals surface area contributed by atoms with Gasteiger partial charge in [-0.15, -0.1) is 0 Å². The van der Waals surface area contributed by atoms with Crippen LogP contribution in [0.15, 0.2) is 24.3 Å². The molecule has 0 saturated heterocycles. The summed E-state index contributed by atoms with van der Waals surface area (Å²) in [6.45, 7) is 4.86. The molecule has 0 aromatic heterocycles. The van der Waals surface area contributed by atoms with Crippen LogP contribution in [-0.2, 0) is 6.42 Å². The molecule has 0 radical (unpaired) electrons. The molecule has 104 valence electrons. The van der Waals surface area contributed by atoms with Crippen molar-refractivity contribution in [2.24, 2.45) is 5.41 Å². The molecule has 2 unspecified atom stereocenters. The van der Waals surface area contributed by atoms with Crippen LogP contribution in [0.1, 0.15) is 69.5 Å². The molecule has 0 heterocycles. The van der Waals surface area contributed by atoms with Gasteiger partial charge in [0, 0.05) is 12.1 Å². The Hall–Kier alpha value is -0.820. The fraction of sp³-hybridized carbons (Fsp3) is 0.667. The van der Waals surface area contributed by atoms with Gasteiger partial charge in [0.1, 0.15) is 0 Å². The molecular weight excluding hydrogens is 230 g/mol. The van der Waals surface area contributed by atoms with Gasteiger partial charge in [-0.25, -0.2) is 0 Å². The van der Waals surface area contributed by atoms with Crippen molar-refractivity contribution in [3.63, 3.8) is 0 Å². The van der Waals surface area contributed by atoms with Crippen molar-refractivity contribution >= 4 is 0 Å². The van der Waals surface area contributed by atoms with Crippen molar-refractivity contribution in [2.45, 2.75) is 70.9 Å². The Kier molecular flexibility index (Phi) is 3.66. The number of aryl methyl sites for hydroxylation is 1. The van der Waals surface area contributed by atoms with Crippen LogP contribution in [0.2, 0.25) is 0 Å². The van der Waals surface area contributed by atoms with E-state index in [9.17, 15) is 0 Å². The smallest absolute Gasteiger partial charge is 0.0328 e. The van der Waals surface area contributed by atoms with Gasteiger partial charge in [0.05, 0.1) is 0 Å². The summed E-state index contributed by atoms with van der Waals surface area (Å²) in [4.78, 5) is 0. The molecule has 1 aromatic rings. The number of hydrogen-bond donors (Lipinski definition) is 1. The molecule has 0 bridgehead atoms. The Bertz CT molecular complexity index is 435. The van der Waals surface area contributed by atoms with Crippen molar-refractivity contribution in [3.8, 4) is 0 Å². The Morgan fingerprint density at radius 1 is 1.05 bits per heavy atom. The summed E-state index contributed by atoms with van der Waals surface area (Å²) in [5.41, 5.74) is 3.68. The van der Waals surface area contributed by atoms with Gasteiger partial charge >= 0.3 is 0 Å². The highest BCUT2D eigenvalue weighted by Crippen LogP contribution is 2.36. The van der Waals surface area contributed by atoms with E-state index in [1.807, 2.05) is 0 Å². The molecule has 2 atom stereocenters. The van der Waals surface area contributed by atoms with Crippen LogP contribution in [0, 0.1) is 5.41 Å². The molecule has 2 aliphatic carbocycles. The Morgan fingerprint density at radius 2 is 1.89 bits per heavy atom. The third kappa shape index (κ3) is 3.02. The second-order valence-electron chi connectivity index (χ2n) is 7.25. The summed E-state index contributed by atoms with van der Waals surface area (Å²) in [5.74, 6) is 0. The van der Waals surface area contributed by atoms with E-state index in [4.69, 9.17) is 0 Å². The second kappa shape index (κ2) is 5.28. The number of fused-ring (bicyclic) bond motifs is 1. The zero-order valence-electron chi connectivity index (χ0n) is 12.4. The van der Waals surface area contributed by atoms with E-state index >= 15 is 0 Å². The molecule has 1 N–H and O–H groups in total. The molecule has 1 nitrogen and oxygen atoms in total. The summed E-state index contributed by atoms with van der Waals surface area (Å²) in [5, 5.41) is 3.95. The lowest BCUT2D eigenvalue weighted by Crippen LogP contribution is -2.31. The van der Waals surface area contributed by atoms with Crippen molar-refractivity contribution in [3.05, 3.63) is 35.4 Å². The number of nitrogens with one attached hydrogen (secondary N) is 1. The van der Waals surface area contributed by atoms with Gasteiger partial charge in [-0.1, -0.05) is 44.5 Å². The Morgan fingerprint density at radius 3 is 2.79 bits per heavy atom. The van der Waals surface area contributed by atoms with Crippen LogP contribution in [0.5, 0.6) is 0 Å². The van der Waals surface area contributed by atoms with Gasteiger partial charge in [0.2, 0.25) is 0 Å². The van der Waals surface area contributed by atoms with Crippen LogP contribution in [0.3, 0.4) is 0 Å². The fourth-order valence-electron chi connectivity index (χ4n) is 3.84. The summed E-state index contributed by atoms with van der Waals surface area (Å²) >= 11 is 0. The van der Waals surface area contributed by atoms with Crippen LogP contribution in [0.25, 0.3) is 0 Å². The van der Waals surface area contributed by atoms with E-state index in [0.717, 1.165) is 6.04 Å². The van der Waals surface area contributed by atoms with E-state index in [2.05, 4.69) is 43.4 Å². The van der Waals surface area contributed by atoms with Crippen LogP contribution in [-0.4, -0.2) is 6.04 Å². The highest BCUT2D eigenvalue weighted by molar-refractivity contribution is 5.34. The summed E-state index contributed by atoms with van der Waals surface area (Å²) < 4.78 is 0. The van der Waals surface area contributed by atoms with Crippen molar-refractivity contribution in [2.75, 3.05) is 0 Å². The molecule has 3 rings (SSSR count). The minimum Gasteiger partial charge on any atom is -0.307 e. The molecule has 0 aliphatic heterocycles. The van der Waals surface area contributed by atoms with Gasteiger partial charge in [0.25, 0.3) is 0 Å².